The van der Waals surface area contributed by atoms with E-state index < -0.39 is 18.1 Å². The summed E-state index contributed by atoms with van der Waals surface area (Å²) < 4.78 is 94.3. The second kappa shape index (κ2) is 9.59. The van der Waals surface area contributed by atoms with Crippen LogP contribution in [0.5, 0.6) is 5.75 Å². The molecule has 0 saturated heterocycles. The monoisotopic (exact) mass is 468 g/mol. The van der Waals surface area contributed by atoms with E-state index in [9.17, 15) is 30.7 Å². The minimum Gasteiger partial charge on any atom is -0.489 e. The zero-order chi connectivity index (χ0) is 23.3. The van der Waals surface area contributed by atoms with Gasteiger partial charge in [-0.3, -0.25) is 0 Å². The Kier molecular flexibility index (Phi) is 7.58. The van der Waals surface area contributed by atoms with Gasteiger partial charge < -0.3 is 4.74 Å². The third kappa shape index (κ3) is 5.90. The van der Waals surface area contributed by atoms with Crippen molar-refractivity contribution < 1.29 is 35.5 Å². The number of hydrazone groups is 1. The highest BCUT2D eigenvalue weighted by atomic mass is 35.5. The molecule has 0 aromatic heterocycles. The van der Waals surface area contributed by atoms with E-state index in [1.807, 2.05) is 0 Å². The van der Waals surface area contributed by atoms with Gasteiger partial charge in [-0.2, -0.15) is 35.8 Å². The van der Waals surface area contributed by atoms with Crippen LogP contribution in [0.25, 0.3) is 0 Å². The number of ether oxygens (including phenoxy) is 1. The molecule has 0 radical (unpaired) electrons. The van der Waals surface area contributed by atoms with Crippen LogP contribution >= 0.6 is 11.6 Å². The molecule has 3 nitrogen and oxygen atoms in total. The third-order valence-corrected chi connectivity index (χ3v) is 4.33. The molecule has 0 amide bonds. The number of alkyl halides is 7. The summed E-state index contributed by atoms with van der Waals surface area (Å²) in [5.74, 6) is -5.89. The van der Waals surface area contributed by atoms with Crippen molar-refractivity contribution >= 4 is 17.8 Å². The number of hydrogen-bond donors (Lipinski definition) is 1. The minimum absolute atomic E-state index is 0.136. The first kappa shape index (κ1) is 24.5. The molecule has 0 atom stereocenters. The molecular weight excluding hydrogens is 453 g/mol. The predicted molar refractivity (Wildman–Crippen MR) is 103 cm³/mol. The summed E-state index contributed by atoms with van der Waals surface area (Å²) in [4.78, 5) is 0. The van der Waals surface area contributed by atoms with Gasteiger partial charge in [-0.25, -0.2) is 5.43 Å². The van der Waals surface area contributed by atoms with Gasteiger partial charge in [0.15, 0.2) is 0 Å². The van der Waals surface area contributed by atoms with Crippen LogP contribution in [0.2, 0.25) is 5.02 Å². The Labute approximate surface area is 178 Å². The number of halogens is 8. The molecule has 168 valence electrons. The van der Waals surface area contributed by atoms with Crippen LogP contribution in [0.4, 0.5) is 30.7 Å². The molecule has 0 saturated carbocycles. The summed E-state index contributed by atoms with van der Waals surface area (Å²) in [6.45, 7) is 3.73. The Balaban J connectivity index is 2.15. The van der Waals surface area contributed by atoms with Gasteiger partial charge in [0, 0.05) is 10.6 Å². The molecule has 1 N–H and O–H groups in total. The molecule has 0 aliphatic rings. The zero-order valence-electron chi connectivity index (χ0n) is 15.7. The highest BCUT2D eigenvalue weighted by molar-refractivity contribution is 6.31. The first-order valence-electron chi connectivity index (χ1n) is 8.61. The van der Waals surface area contributed by atoms with Crippen LogP contribution in [-0.4, -0.2) is 24.4 Å². The molecule has 0 spiro atoms. The minimum atomic E-state index is -6.45. The molecule has 31 heavy (non-hydrogen) atoms. The van der Waals surface area contributed by atoms with Gasteiger partial charge in [0.1, 0.15) is 12.4 Å². The highest BCUT2D eigenvalue weighted by Gasteiger charge is 2.73. The Morgan fingerprint density at radius 1 is 1.00 bits per heavy atom. The van der Waals surface area contributed by atoms with Gasteiger partial charge in [0.05, 0.1) is 6.21 Å². The van der Waals surface area contributed by atoms with E-state index >= 15 is 0 Å². The zero-order valence-corrected chi connectivity index (χ0v) is 16.5. The van der Waals surface area contributed by atoms with E-state index in [-0.39, 0.29) is 12.2 Å². The molecule has 11 heteroatoms. The molecule has 0 aliphatic heterocycles. The van der Waals surface area contributed by atoms with Crippen molar-refractivity contribution in [1.29, 1.82) is 0 Å². The number of hydrogen-bond acceptors (Lipinski definition) is 3. The molecule has 0 heterocycles. The molecule has 2 rings (SSSR count). The van der Waals surface area contributed by atoms with E-state index in [1.54, 1.807) is 24.3 Å². The Bertz CT molecular complexity index is 945. The molecule has 2 aromatic carbocycles. The quantitative estimate of drug-likeness (QED) is 0.153. The summed E-state index contributed by atoms with van der Waals surface area (Å²) in [5.41, 5.74) is 2.00. The molecular formula is C20H16ClF7N2O. The SMILES string of the molecule is C=CCc1cc(/C=N/NC(F)(F)C(F)(F)C(F)(F)F)ccc1OCc1ccccc1Cl. The van der Waals surface area contributed by atoms with Gasteiger partial charge in [-0.15, -0.1) is 6.58 Å². The maximum Gasteiger partial charge on any atom is 0.462 e. The van der Waals surface area contributed by atoms with Crippen LogP contribution in [0.3, 0.4) is 0 Å². The van der Waals surface area contributed by atoms with Gasteiger partial charge in [0.25, 0.3) is 0 Å². The Morgan fingerprint density at radius 3 is 2.29 bits per heavy atom. The third-order valence-electron chi connectivity index (χ3n) is 3.96. The standard InChI is InChI=1S/C20H16ClF7N2O/c1-2-5-14-10-13(11-29-30-20(27,28)18(22,23)19(24,25)26)8-9-17(14)31-12-15-6-3-4-7-16(15)21/h2-4,6-11,30H,1,5,12H2/b29-11+. The van der Waals surface area contributed by atoms with Crippen molar-refractivity contribution in [3.05, 3.63) is 76.8 Å². The second-order valence-electron chi connectivity index (χ2n) is 6.26. The number of nitrogens with one attached hydrogen (secondary N) is 1. The number of rotatable bonds is 9. The molecule has 2 aromatic rings. The second-order valence-corrected chi connectivity index (χ2v) is 6.66. The summed E-state index contributed by atoms with van der Waals surface area (Å²) in [6.07, 6.45) is -3.92. The number of allylic oxidation sites excluding steroid dienone is 1. The lowest BCUT2D eigenvalue weighted by atomic mass is 10.1. The van der Waals surface area contributed by atoms with Gasteiger partial charge in [-0.05, 0) is 41.8 Å². The first-order valence-corrected chi connectivity index (χ1v) is 8.99. The Hall–Kier alpha value is -2.75. The van der Waals surface area contributed by atoms with Crippen molar-refractivity contribution in [1.82, 2.24) is 5.43 Å². The van der Waals surface area contributed by atoms with Crippen LogP contribution < -0.4 is 10.2 Å². The summed E-state index contributed by atoms with van der Waals surface area (Å²) in [5, 5.41) is 3.34. The number of benzene rings is 2. The van der Waals surface area contributed by atoms with Crippen LogP contribution in [0.15, 0.2) is 60.2 Å². The van der Waals surface area contributed by atoms with Gasteiger partial charge in [0.2, 0.25) is 0 Å². The molecule has 0 bridgehead atoms. The van der Waals surface area contributed by atoms with E-state index in [0.717, 1.165) is 5.56 Å². The van der Waals surface area contributed by atoms with Crippen LogP contribution in [-0.2, 0) is 13.0 Å². The smallest absolute Gasteiger partial charge is 0.462 e. The summed E-state index contributed by atoms with van der Waals surface area (Å²) >= 11 is 6.07. The lowest BCUT2D eigenvalue weighted by Crippen LogP contribution is -2.58. The summed E-state index contributed by atoms with van der Waals surface area (Å²) in [6, 6.07) is 5.62. The molecule has 0 unspecified atom stereocenters. The fourth-order valence-corrected chi connectivity index (χ4v) is 2.53. The average Bonchev–Trinajstić information content (AvgIpc) is 2.67. The fourth-order valence-electron chi connectivity index (χ4n) is 2.34. The van der Waals surface area contributed by atoms with Crippen LogP contribution in [0, 0.1) is 0 Å². The maximum atomic E-state index is 13.2. The van der Waals surface area contributed by atoms with Crippen LogP contribution in [0.1, 0.15) is 16.7 Å². The average molecular weight is 469 g/mol. The summed E-state index contributed by atoms with van der Waals surface area (Å²) in [7, 11) is 0. The Morgan fingerprint density at radius 2 is 1.68 bits per heavy atom. The van der Waals surface area contributed by atoms with Gasteiger partial charge >= 0.3 is 18.1 Å². The van der Waals surface area contributed by atoms with E-state index in [4.69, 9.17) is 16.3 Å². The van der Waals surface area contributed by atoms with Crippen molar-refractivity contribution in [3.63, 3.8) is 0 Å². The number of nitrogens with zero attached hydrogens (tertiary/aromatic N) is 1. The lowest BCUT2D eigenvalue weighted by molar-refractivity contribution is -0.361. The largest absolute Gasteiger partial charge is 0.489 e. The molecule has 0 fully saturated rings. The topological polar surface area (TPSA) is 33.6 Å². The first-order chi connectivity index (χ1) is 14.4. The fraction of sp³-hybridized carbons (Fsp3) is 0.250. The maximum absolute atomic E-state index is 13.2. The highest BCUT2D eigenvalue weighted by Crippen LogP contribution is 2.45. The van der Waals surface area contributed by atoms with Crippen molar-refractivity contribution in [2.45, 2.75) is 31.2 Å². The van der Waals surface area contributed by atoms with Crippen molar-refractivity contribution in [2.75, 3.05) is 0 Å². The van der Waals surface area contributed by atoms with Crippen molar-refractivity contribution in [3.8, 4) is 5.75 Å². The lowest BCUT2D eigenvalue weighted by Gasteiger charge is -2.27. The normalized spacial score (nSPS) is 12.8. The van der Waals surface area contributed by atoms with Crippen molar-refractivity contribution in [2.24, 2.45) is 5.10 Å². The van der Waals surface area contributed by atoms with E-state index in [2.05, 4.69) is 11.7 Å². The van der Waals surface area contributed by atoms with E-state index in [1.165, 1.54) is 24.3 Å². The molecule has 0 aliphatic carbocycles. The van der Waals surface area contributed by atoms with E-state index in [0.29, 0.717) is 34.4 Å². The van der Waals surface area contributed by atoms with Gasteiger partial charge in [-0.1, -0.05) is 35.9 Å². The predicted octanol–water partition coefficient (Wildman–Crippen LogP) is 6.36.